The minimum Gasteiger partial charge on any atom is -0.412 e. The summed E-state index contributed by atoms with van der Waals surface area (Å²) in [6.07, 6.45) is 13.1. The van der Waals surface area contributed by atoms with E-state index in [1.807, 2.05) is 6.07 Å². The molecule has 0 unspecified atom stereocenters. The quantitative estimate of drug-likeness (QED) is 0.269. The van der Waals surface area contributed by atoms with Crippen LogP contribution in [-0.4, -0.2) is 35.1 Å². The monoisotopic (exact) mass is 470 g/mol. The van der Waals surface area contributed by atoms with E-state index in [1.165, 1.54) is 57.4 Å². The summed E-state index contributed by atoms with van der Waals surface area (Å²) in [4.78, 5) is 0.0610. The molecule has 0 aliphatic carbocycles. The average Bonchev–Trinajstić information content (AvgIpc) is 2.55. The molecule has 0 bridgehead atoms. The van der Waals surface area contributed by atoms with Crippen LogP contribution in [0.5, 0.6) is 0 Å². The fourth-order valence-corrected chi connectivity index (χ4v) is 3.52. The normalized spacial score (nSPS) is 10.1. The van der Waals surface area contributed by atoms with Gasteiger partial charge in [-0.1, -0.05) is 82.9 Å². The minimum atomic E-state index is -4.10. The summed E-state index contributed by atoms with van der Waals surface area (Å²) in [5.74, 6) is 0. The van der Waals surface area contributed by atoms with Gasteiger partial charge in [-0.05, 0) is 38.3 Å². The molecule has 0 saturated heterocycles. The van der Waals surface area contributed by atoms with Crippen LogP contribution in [0, 0.1) is 0 Å². The van der Waals surface area contributed by atoms with E-state index in [-0.39, 0.29) is 43.7 Å². The largest absolute Gasteiger partial charge is 0.412 e. The Hall–Kier alpha value is -0.276. The smallest absolute Gasteiger partial charge is 0.294 e. The van der Waals surface area contributed by atoms with Crippen molar-refractivity contribution in [2.24, 2.45) is 0 Å². The van der Waals surface area contributed by atoms with Crippen LogP contribution in [0.1, 0.15) is 90.5 Å². The van der Waals surface area contributed by atoms with Crippen molar-refractivity contribution in [1.29, 1.82) is 0 Å². The Kier molecular flexibility index (Phi) is 27.9. The first kappa shape index (κ1) is 36.1. The molecule has 0 aromatic heterocycles. The van der Waals surface area contributed by atoms with E-state index in [4.69, 9.17) is 5.11 Å². The van der Waals surface area contributed by atoms with Crippen molar-refractivity contribution in [3.63, 3.8) is 0 Å². The van der Waals surface area contributed by atoms with Crippen LogP contribution in [-0.2, 0) is 38.3 Å². The van der Waals surface area contributed by atoms with Gasteiger partial charge in [0.25, 0.3) is 10.1 Å². The Labute approximate surface area is 192 Å². The summed E-state index contributed by atoms with van der Waals surface area (Å²) in [6, 6.07) is 6.73. The Morgan fingerprint density at radius 2 is 1.21 bits per heavy atom. The second kappa shape index (κ2) is 22.4. The van der Waals surface area contributed by atoms with Crippen molar-refractivity contribution >= 4 is 10.1 Å². The van der Waals surface area contributed by atoms with Gasteiger partial charge in [-0.2, -0.15) is 8.42 Å². The summed E-state index contributed by atoms with van der Waals surface area (Å²) in [7, 11) is -4.10. The van der Waals surface area contributed by atoms with Crippen LogP contribution in [0.2, 0.25) is 0 Å². The molecule has 29 heavy (non-hydrogen) atoms. The third-order valence-corrected chi connectivity index (χ3v) is 5.00. The SMILES string of the molecule is CC(C)O.CCCCCCCCCCCCc1ccccc1S(=O)(=O)O.O.O.[Ti]. The molecule has 0 saturated carbocycles. The van der Waals surface area contributed by atoms with Crippen LogP contribution >= 0.6 is 0 Å². The molecule has 0 amide bonds. The number of benzene rings is 1. The number of aliphatic hydroxyl groups excluding tert-OH is 1. The number of hydrogen-bond donors (Lipinski definition) is 2. The van der Waals surface area contributed by atoms with Crippen molar-refractivity contribution in [2.45, 2.75) is 102 Å². The van der Waals surface area contributed by atoms with Crippen molar-refractivity contribution in [3.8, 4) is 0 Å². The summed E-state index contributed by atoms with van der Waals surface area (Å²) in [5.41, 5.74) is 0.726. The molecule has 8 heteroatoms. The topological polar surface area (TPSA) is 138 Å². The second-order valence-electron chi connectivity index (χ2n) is 7.11. The first-order valence-electron chi connectivity index (χ1n) is 10.0. The van der Waals surface area contributed by atoms with Crippen LogP contribution in [0.25, 0.3) is 0 Å². The molecule has 0 fully saturated rings. The van der Waals surface area contributed by atoms with Gasteiger partial charge in [-0.3, -0.25) is 4.55 Å². The van der Waals surface area contributed by atoms with Crippen molar-refractivity contribution in [2.75, 3.05) is 0 Å². The van der Waals surface area contributed by atoms with Gasteiger partial charge < -0.3 is 16.1 Å². The number of aliphatic hydroxyl groups is 1. The Morgan fingerprint density at radius 1 is 0.828 bits per heavy atom. The van der Waals surface area contributed by atoms with Gasteiger partial charge in [0, 0.05) is 27.8 Å². The maximum atomic E-state index is 11.3. The summed E-state index contributed by atoms with van der Waals surface area (Å²) in [5, 5.41) is 8.06. The van der Waals surface area contributed by atoms with Gasteiger partial charge >= 0.3 is 0 Å². The first-order chi connectivity index (χ1) is 12.3. The van der Waals surface area contributed by atoms with Gasteiger partial charge in [0.1, 0.15) is 0 Å². The number of aryl methyl sites for hydroxylation is 1. The molecule has 1 rings (SSSR count). The Bertz CT molecular complexity index is 561. The first-order valence-corrected chi connectivity index (χ1v) is 11.5. The average molecular weight is 470 g/mol. The zero-order valence-corrected chi connectivity index (χ0v) is 20.7. The summed E-state index contributed by atoms with van der Waals surface area (Å²) in [6.45, 7) is 5.68. The van der Waals surface area contributed by atoms with E-state index in [0.717, 1.165) is 18.4 Å². The number of rotatable bonds is 12. The zero-order valence-electron chi connectivity index (χ0n) is 18.3. The number of hydrogen-bond acceptors (Lipinski definition) is 3. The molecule has 0 radical (unpaired) electrons. The van der Waals surface area contributed by atoms with Crippen LogP contribution in [0.3, 0.4) is 0 Å². The number of unbranched alkanes of at least 4 members (excludes halogenated alkanes) is 9. The Morgan fingerprint density at radius 3 is 1.62 bits per heavy atom. The van der Waals surface area contributed by atoms with Gasteiger partial charge in [0.15, 0.2) is 0 Å². The van der Waals surface area contributed by atoms with Gasteiger partial charge in [-0.15, -0.1) is 0 Å². The second-order valence-corrected chi connectivity index (χ2v) is 8.50. The van der Waals surface area contributed by atoms with E-state index in [0.29, 0.717) is 6.42 Å². The fraction of sp³-hybridized carbons (Fsp3) is 0.714. The Balaban J connectivity index is -0.000000408. The zero-order chi connectivity index (χ0) is 19.8. The van der Waals surface area contributed by atoms with E-state index in [9.17, 15) is 13.0 Å². The van der Waals surface area contributed by atoms with Gasteiger partial charge in [0.05, 0.1) is 4.90 Å². The molecule has 0 aliphatic heterocycles. The maximum Gasteiger partial charge on any atom is 0.294 e. The molecule has 6 nitrogen and oxygen atoms in total. The third-order valence-electron chi connectivity index (χ3n) is 4.05. The van der Waals surface area contributed by atoms with Crippen molar-refractivity contribution in [1.82, 2.24) is 0 Å². The van der Waals surface area contributed by atoms with Crippen molar-refractivity contribution in [3.05, 3.63) is 29.8 Å². The van der Waals surface area contributed by atoms with Gasteiger partial charge in [-0.25, -0.2) is 0 Å². The van der Waals surface area contributed by atoms with Crippen LogP contribution < -0.4 is 0 Å². The third kappa shape index (κ3) is 22.2. The van der Waals surface area contributed by atoms with E-state index in [1.54, 1.807) is 26.0 Å². The van der Waals surface area contributed by atoms with E-state index in [2.05, 4.69) is 6.92 Å². The molecule has 1 aromatic rings. The van der Waals surface area contributed by atoms with E-state index >= 15 is 0 Å². The fourth-order valence-electron chi connectivity index (χ4n) is 2.76. The van der Waals surface area contributed by atoms with Crippen LogP contribution in [0.4, 0.5) is 0 Å². The van der Waals surface area contributed by atoms with Crippen molar-refractivity contribution < 1.29 is 50.7 Å². The maximum absolute atomic E-state index is 11.3. The molecule has 0 heterocycles. The molecule has 6 N–H and O–H groups in total. The standard InChI is InChI=1S/C18H30O3S.C3H8O.2H2O.Ti/c1-2-3-4-5-6-7-8-9-10-11-14-17-15-12-13-16-18(17)22(19,20)21;1-3(2)4;;;/h12-13,15-16H,2-11,14H2,1H3,(H,19,20,21);3-4H,1-2H3;2*1H2;. The van der Waals surface area contributed by atoms with Gasteiger partial charge in [0.2, 0.25) is 0 Å². The molecule has 0 aliphatic rings. The molecular weight excluding hydrogens is 428 g/mol. The van der Waals surface area contributed by atoms with E-state index < -0.39 is 10.1 Å². The molecule has 1 aromatic carbocycles. The summed E-state index contributed by atoms with van der Waals surface area (Å²) >= 11 is 0. The molecule has 172 valence electrons. The summed E-state index contributed by atoms with van der Waals surface area (Å²) < 4.78 is 31.8. The molecular formula is C21H42O6STi. The molecule has 0 spiro atoms. The predicted octanol–water partition coefficient (Wildman–Crippen LogP) is 4.13. The molecule has 0 atom stereocenters. The predicted molar refractivity (Wildman–Crippen MR) is 116 cm³/mol. The minimum absolute atomic E-state index is 0. The van der Waals surface area contributed by atoms with Crippen LogP contribution in [0.15, 0.2) is 29.2 Å².